The zero-order valence-corrected chi connectivity index (χ0v) is 21.5. The molecule has 0 aliphatic carbocycles. The molecule has 0 saturated heterocycles. The number of rotatable bonds is 6. The van der Waals surface area contributed by atoms with Crippen molar-refractivity contribution in [3.8, 4) is 0 Å². The second kappa shape index (κ2) is 10.7. The van der Waals surface area contributed by atoms with E-state index in [1.807, 2.05) is 45.0 Å². The maximum absolute atomic E-state index is 14.1. The Morgan fingerprint density at radius 2 is 1.68 bits per heavy atom. The Bertz CT molecular complexity index is 1370. The van der Waals surface area contributed by atoms with E-state index < -0.39 is 23.6 Å². The Balaban J connectivity index is 1.80. The Labute approximate surface area is 220 Å². The second-order valence-electron chi connectivity index (χ2n) is 10.3. The third-order valence-corrected chi connectivity index (χ3v) is 6.55. The summed E-state index contributed by atoms with van der Waals surface area (Å²) in [6.07, 6.45) is -0.104. The van der Waals surface area contributed by atoms with Crippen LogP contribution in [0.4, 0.5) is 20.2 Å². The zero-order chi connectivity index (χ0) is 27.6. The van der Waals surface area contributed by atoms with Crippen LogP contribution in [0.5, 0.6) is 0 Å². The molecule has 4 rings (SSSR count). The van der Waals surface area contributed by atoms with Crippen LogP contribution in [0.1, 0.15) is 58.2 Å². The van der Waals surface area contributed by atoms with Crippen molar-refractivity contribution in [2.45, 2.75) is 33.2 Å². The van der Waals surface area contributed by atoms with Crippen LogP contribution < -0.4 is 21.3 Å². The number of hydrogen-bond donors (Lipinski definition) is 3. The standard InChI is InChI=1S/C29H30F2N4O3/c1-17-4-6-18(7-5-17)25-14-26(36)34-23-12-19(27(37)33-16-29(2,3)15-32)8-9-24(23)35(25)28(38)20-10-21(30)13-22(31)11-20/h4-13,25H,14-16,32H2,1-3H3,(H,33,37)(H,34,36). The fourth-order valence-electron chi connectivity index (χ4n) is 4.24. The first-order chi connectivity index (χ1) is 18.0. The van der Waals surface area contributed by atoms with Crippen molar-refractivity contribution in [1.82, 2.24) is 5.32 Å². The van der Waals surface area contributed by atoms with Crippen LogP contribution >= 0.6 is 0 Å². The van der Waals surface area contributed by atoms with E-state index in [2.05, 4.69) is 10.6 Å². The molecule has 4 N–H and O–H groups in total. The highest BCUT2D eigenvalue weighted by molar-refractivity contribution is 6.12. The molecule has 0 radical (unpaired) electrons. The number of benzene rings is 3. The van der Waals surface area contributed by atoms with Crippen LogP contribution in [-0.4, -0.2) is 30.8 Å². The molecule has 0 bridgehead atoms. The SMILES string of the molecule is Cc1ccc(C2CC(=O)Nc3cc(C(=O)NCC(C)(C)CN)ccc3N2C(=O)c2cc(F)cc(F)c2)cc1. The van der Waals surface area contributed by atoms with E-state index in [9.17, 15) is 23.2 Å². The molecule has 3 amide bonds. The lowest BCUT2D eigenvalue weighted by molar-refractivity contribution is -0.116. The van der Waals surface area contributed by atoms with Crippen LogP contribution in [0.15, 0.2) is 60.7 Å². The van der Waals surface area contributed by atoms with Crippen LogP contribution in [0, 0.1) is 24.0 Å². The molecule has 0 fully saturated rings. The van der Waals surface area contributed by atoms with Crippen LogP contribution in [0.25, 0.3) is 0 Å². The number of nitrogens with one attached hydrogen (secondary N) is 2. The Morgan fingerprint density at radius 1 is 1.03 bits per heavy atom. The zero-order valence-electron chi connectivity index (χ0n) is 21.5. The second-order valence-corrected chi connectivity index (χ2v) is 10.3. The van der Waals surface area contributed by atoms with Gasteiger partial charge in [-0.3, -0.25) is 19.3 Å². The number of halogens is 2. The van der Waals surface area contributed by atoms with Crippen LogP contribution in [0.3, 0.4) is 0 Å². The van der Waals surface area contributed by atoms with Crippen molar-refractivity contribution in [2.24, 2.45) is 11.1 Å². The molecule has 0 aromatic heterocycles. The maximum Gasteiger partial charge on any atom is 0.259 e. The number of carbonyl (C=O) groups excluding carboxylic acids is 3. The molecular formula is C29H30F2N4O3. The number of anilines is 2. The van der Waals surface area contributed by atoms with Gasteiger partial charge < -0.3 is 16.4 Å². The summed E-state index contributed by atoms with van der Waals surface area (Å²) in [6, 6.07) is 13.8. The molecule has 1 heterocycles. The lowest BCUT2D eigenvalue weighted by Gasteiger charge is -2.31. The number of amides is 3. The van der Waals surface area contributed by atoms with Crippen molar-refractivity contribution in [3.63, 3.8) is 0 Å². The average Bonchev–Trinajstić information content (AvgIpc) is 3.01. The van der Waals surface area contributed by atoms with E-state index in [-0.39, 0.29) is 40.5 Å². The monoisotopic (exact) mass is 520 g/mol. The number of carbonyl (C=O) groups is 3. The summed E-state index contributed by atoms with van der Waals surface area (Å²) in [4.78, 5) is 41.0. The molecular weight excluding hydrogens is 490 g/mol. The third-order valence-electron chi connectivity index (χ3n) is 6.55. The van der Waals surface area contributed by atoms with Gasteiger partial charge in [0.25, 0.3) is 11.8 Å². The lowest BCUT2D eigenvalue weighted by atomic mass is 9.94. The van der Waals surface area contributed by atoms with Gasteiger partial charge in [-0.1, -0.05) is 43.7 Å². The Kier molecular flexibility index (Phi) is 7.59. The lowest BCUT2D eigenvalue weighted by Crippen LogP contribution is -2.38. The van der Waals surface area contributed by atoms with Gasteiger partial charge in [0.1, 0.15) is 11.6 Å². The predicted molar refractivity (Wildman–Crippen MR) is 142 cm³/mol. The molecule has 1 unspecified atom stereocenters. The molecule has 0 spiro atoms. The fourth-order valence-corrected chi connectivity index (χ4v) is 4.24. The van der Waals surface area contributed by atoms with E-state index in [1.54, 1.807) is 12.1 Å². The van der Waals surface area contributed by atoms with Gasteiger partial charge >= 0.3 is 0 Å². The van der Waals surface area contributed by atoms with E-state index in [0.29, 0.717) is 30.4 Å². The molecule has 38 heavy (non-hydrogen) atoms. The van der Waals surface area contributed by atoms with Crippen LogP contribution in [-0.2, 0) is 4.79 Å². The summed E-state index contributed by atoms with van der Waals surface area (Å²) < 4.78 is 28.1. The average molecular weight is 521 g/mol. The first-order valence-corrected chi connectivity index (χ1v) is 12.3. The van der Waals surface area contributed by atoms with Crippen molar-refractivity contribution in [2.75, 3.05) is 23.3 Å². The number of nitrogens with two attached hydrogens (primary N) is 1. The van der Waals surface area contributed by atoms with Crippen molar-refractivity contribution >= 4 is 29.1 Å². The molecule has 3 aromatic rings. The van der Waals surface area contributed by atoms with Gasteiger partial charge in [-0.05, 0) is 54.8 Å². The molecule has 1 atom stereocenters. The predicted octanol–water partition coefficient (Wildman–Crippen LogP) is 4.72. The Hall–Kier alpha value is -4.11. The molecule has 3 aromatic carbocycles. The smallest absolute Gasteiger partial charge is 0.259 e. The van der Waals surface area contributed by atoms with Crippen LogP contribution in [0.2, 0.25) is 0 Å². The van der Waals surface area contributed by atoms with Gasteiger partial charge in [-0.2, -0.15) is 0 Å². The van der Waals surface area contributed by atoms with Crippen molar-refractivity contribution in [1.29, 1.82) is 0 Å². The summed E-state index contributed by atoms with van der Waals surface area (Å²) in [5.41, 5.74) is 7.72. The van der Waals surface area contributed by atoms with Gasteiger partial charge in [0, 0.05) is 23.7 Å². The molecule has 0 saturated carbocycles. The highest BCUT2D eigenvalue weighted by atomic mass is 19.1. The number of aryl methyl sites for hydroxylation is 1. The molecule has 198 valence electrons. The van der Waals surface area contributed by atoms with Crippen molar-refractivity contribution < 1.29 is 23.2 Å². The fraction of sp³-hybridized carbons (Fsp3) is 0.276. The summed E-state index contributed by atoms with van der Waals surface area (Å²) >= 11 is 0. The largest absolute Gasteiger partial charge is 0.351 e. The normalized spacial score (nSPS) is 15.4. The van der Waals surface area contributed by atoms with Gasteiger partial charge in [-0.15, -0.1) is 0 Å². The summed E-state index contributed by atoms with van der Waals surface area (Å²) in [5.74, 6) is -3.21. The Morgan fingerprint density at radius 3 is 2.32 bits per heavy atom. The maximum atomic E-state index is 14.1. The number of hydrogen-bond acceptors (Lipinski definition) is 4. The molecule has 9 heteroatoms. The first kappa shape index (κ1) is 26.9. The molecule has 7 nitrogen and oxygen atoms in total. The van der Waals surface area contributed by atoms with Gasteiger partial charge in [-0.25, -0.2) is 8.78 Å². The summed E-state index contributed by atoms with van der Waals surface area (Å²) in [7, 11) is 0. The van der Waals surface area contributed by atoms with Gasteiger partial charge in [0.05, 0.1) is 23.8 Å². The minimum atomic E-state index is -0.892. The third kappa shape index (κ3) is 5.89. The number of fused-ring (bicyclic) bond motifs is 1. The summed E-state index contributed by atoms with van der Waals surface area (Å²) in [5, 5.41) is 5.63. The van der Waals surface area contributed by atoms with Crippen molar-refractivity contribution in [3.05, 3.63) is 94.6 Å². The molecule has 1 aliphatic rings. The van der Waals surface area contributed by atoms with Gasteiger partial charge in [0.15, 0.2) is 0 Å². The van der Waals surface area contributed by atoms with E-state index in [0.717, 1.165) is 17.7 Å². The summed E-state index contributed by atoms with van der Waals surface area (Å²) in [6.45, 7) is 6.49. The highest BCUT2D eigenvalue weighted by Crippen LogP contribution is 2.40. The number of nitrogens with zero attached hydrogens (tertiary/aromatic N) is 1. The topological polar surface area (TPSA) is 105 Å². The van der Waals surface area contributed by atoms with E-state index >= 15 is 0 Å². The highest BCUT2D eigenvalue weighted by Gasteiger charge is 2.35. The van der Waals surface area contributed by atoms with E-state index in [4.69, 9.17) is 5.73 Å². The van der Waals surface area contributed by atoms with E-state index in [1.165, 1.54) is 11.0 Å². The first-order valence-electron chi connectivity index (χ1n) is 12.3. The molecule has 1 aliphatic heterocycles. The van der Waals surface area contributed by atoms with Gasteiger partial charge in [0.2, 0.25) is 5.91 Å². The minimum Gasteiger partial charge on any atom is -0.351 e. The quantitative estimate of drug-likeness (QED) is 0.438. The minimum absolute atomic E-state index is 0.104.